The molecule has 3 aromatic rings. The van der Waals surface area contributed by atoms with Crippen molar-refractivity contribution in [3.63, 3.8) is 0 Å². The number of nitrogens with zero attached hydrogens (tertiary/aromatic N) is 3. The summed E-state index contributed by atoms with van der Waals surface area (Å²) in [5.74, 6) is 0. The van der Waals surface area contributed by atoms with E-state index in [1.807, 2.05) is 49.4 Å². The summed E-state index contributed by atoms with van der Waals surface area (Å²) >= 11 is 7.53. The van der Waals surface area contributed by atoms with Crippen molar-refractivity contribution in [3.8, 4) is 11.3 Å². The standard InChI is InChI=1S/C19H18ClN3S/c1-3-23-18(16-7-5-4-6-8-16)13-24-19(23)22-21-14(2)15-9-11-17(20)12-10-15/h4-13H,3H2,1-2H3/b21-14-,22-19-. The third kappa shape index (κ3) is 3.66. The number of aromatic nitrogens is 1. The van der Waals surface area contributed by atoms with Gasteiger partial charge in [0.1, 0.15) is 0 Å². The smallest absolute Gasteiger partial charge is 0.211 e. The second-order valence-corrected chi connectivity index (χ2v) is 6.58. The molecule has 0 bridgehead atoms. The van der Waals surface area contributed by atoms with E-state index in [4.69, 9.17) is 11.6 Å². The summed E-state index contributed by atoms with van der Waals surface area (Å²) in [5.41, 5.74) is 4.24. The quantitative estimate of drug-likeness (QED) is 0.454. The van der Waals surface area contributed by atoms with Crippen LogP contribution in [0.15, 0.2) is 70.2 Å². The van der Waals surface area contributed by atoms with Crippen LogP contribution in [0.1, 0.15) is 19.4 Å². The van der Waals surface area contributed by atoms with Gasteiger partial charge < -0.3 is 4.57 Å². The molecule has 0 aliphatic heterocycles. The molecule has 0 fully saturated rings. The van der Waals surface area contributed by atoms with Crippen molar-refractivity contribution >= 4 is 28.6 Å². The largest absolute Gasteiger partial charge is 0.315 e. The highest BCUT2D eigenvalue weighted by Crippen LogP contribution is 2.19. The molecular weight excluding hydrogens is 338 g/mol. The summed E-state index contributed by atoms with van der Waals surface area (Å²) < 4.78 is 2.18. The van der Waals surface area contributed by atoms with Gasteiger partial charge in [0, 0.05) is 16.9 Å². The van der Waals surface area contributed by atoms with Gasteiger partial charge in [-0.1, -0.05) is 54.1 Å². The SMILES string of the molecule is CCn1c(-c2ccccc2)cs/c1=N\N=C(\C)c1ccc(Cl)cc1. The molecule has 2 aromatic carbocycles. The van der Waals surface area contributed by atoms with Gasteiger partial charge in [0.15, 0.2) is 0 Å². The predicted molar refractivity (Wildman–Crippen MR) is 103 cm³/mol. The van der Waals surface area contributed by atoms with Gasteiger partial charge in [-0.15, -0.1) is 16.4 Å². The van der Waals surface area contributed by atoms with Gasteiger partial charge in [0.05, 0.1) is 11.4 Å². The number of rotatable bonds is 4. The fourth-order valence-electron chi connectivity index (χ4n) is 2.42. The van der Waals surface area contributed by atoms with Gasteiger partial charge in [-0.25, -0.2) is 0 Å². The van der Waals surface area contributed by atoms with Gasteiger partial charge in [0.25, 0.3) is 0 Å². The average molecular weight is 356 g/mol. The first-order chi connectivity index (χ1) is 11.7. The number of thiazole rings is 1. The molecule has 0 aliphatic carbocycles. The summed E-state index contributed by atoms with van der Waals surface area (Å²) in [6.45, 7) is 4.92. The maximum absolute atomic E-state index is 5.92. The highest BCUT2D eigenvalue weighted by molar-refractivity contribution is 7.07. The monoisotopic (exact) mass is 355 g/mol. The molecule has 1 heterocycles. The third-order valence-electron chi connectivity index (χ3n) is 3.73. The second-order valence-electron chi connectivity index (χ2n) is 5.31. The lowest BCUT2D eigenvalue weighted by Crippen LogP contribution is -2.14. The van der Waals surface area contributed by atoms with Crippen molar-refractivity contribution in [2.24, 2.45) is 10.2 Å². The summed E-state index contributed by atoms with van der Waals surface area (Å²) in [4.78, 5) is 0.893. The Morgan fingerprint density at radius 3 is 2.46 bits per heavy atom. The van der Waals surface area contributed by atoms with Crippen molar-refractivity contribution in [2.75, 3.05) is 0 Å². The molecule has 0 amide bonds. The molecule has 1 aromatic heterocycles. The molecule has 0 aliphatic rings. The maximum Gasteiger partial charge on any atom is 0.211 e. The molecule has 0 saturated carbocycles. The van der Waals surface area contributed by atoms with E-state index in [0.29, 0.717) is 0 Å². The molecule has 122 valence electrons. The van der Waals surface area contributed by atoms with Crippen LogP contribution in [0.3, 0.4) is 0 Å². The van der Waals surface area contributed by atoms with Crippen LogP contribution in [0, 0.1) is 0 Å². The van der Waals surface area contributed by atoms with Crippen molar-refractivity contribution in [1.82, 2.24) is 4.57 Å². The Hall–Kier alpha value is -2.17. The molecule has 0 N–H and O–H groups in total. The molecule has 5 heteroatoms. The molecule has 3 rings (SSSR count). The van der Waals surface area contributed by atoms with Gasteiger partial charge in [0.2, 0.25) is 4.80 Å². The van der Waals surface area contributed by atoms with E-state index >= 15 is 0 Å². The van der Waals surface area contributed by atoms with Crippen molar-refractivity contribution in [2.45, 2.75) is 20.4 Å². The zero-order valence-corrected chi connectivity index (χ0v) is 15.2. The molecule has 0 unspecified atom stereocenters. The normalized spacial score (nSPS) is 12.6. The van der Waals surface area contributed by atoms with Crippen LogP contribution in [0.2, 0.25) is 5.02 Å². The molecule has 0 atom stereocenters. The summed E-state index contributed by atoms with van der Waals surface area (Å²) in [6, 6.07) is 18.0. The van der Waals surface area contributed by atoms with Crippen LogP contribution in [-0.4, -0.2) is 10.3 Å². The van der Waals surface area contributed by atoms with E-state index in [9.17, 15) is 0 Å². The molecule has 3 nitrogen and oxygen atoms in total. The van der Waals surface area contributed by atoms with Crippen LogP contribution in [-0.2, 0) is 6.54 Å². The van der Waals surface area contributed by atoms with Gasteiger partial charge in [-0.05, 0) is 37.1 Å². The number of hydrogen-bond donors (Lipinski definition) is 0. The Morgan fingerprint density at radius 2 is 1.79 bits per heavy atom. The molecule has 24 heavy (non-hydrogen) atoms. The Bertz CT molecular complexity index is 906. The van der Waals surface area contributed by atoms with E-state index in [0.717, 1.165) is 27.6 Å². The minimum atomic E-state index is 0.720. The lowest BCUT2D eigenvalue weighted by molar-refractivity contribution is 0.736. The number of benzene rings is 2. The fourth-order valence-corrected chi connectivity index (χ4v) is 3.47. The van der Waals surface area contributed by atoms with Crippen molar-refractivity contribution in [3.05, 3.63) is 75.4 Å². The van der Waals surface area contributed by atoms with Crippen molar-refractivity contribution in [1.29, 1.82) is 0 Å². The van der Waals surface area contributed by atoms with E-state index < -0.39 is 0 Å². The Labute approximate surface area is 150 Å². The van der Waals surface area contributed by atoms with Gasteiger partial charge in [-0.2, -0.15) is 5.10 Å². The summed E-state index contributed by atoms with van der Waals surface area (Å²) in [7, 11) is 0. The number of halogens is 1. The van der Waals surface area contributed by atoms with E-state index in [2.05, 4.69) is 39.2 Å². The van der Waals surface area contributed by atoms with E-state index in [1.165, 1.54) is 11.3 Å². The molecular formula is C19H18ClN3S. The van der Waals surface area contributed by atoms with Crippen LogP contribution < -0.4 is 4.80 Å². The predicted octanol–water partition coefficient (Wildman–Crippen LogP) is 5.21. The minimum absolute atomic E-state index is 0.720. The molecule has 0 spiro atoms. The Kier molecular flexibility index (Phi) is 5.28. The minimum Gasteiger partial charge on any atom is -0.315 e. The topological polar surface area (TPSA) is 29.6 Å². The molecule has 0 radical (unpaired) electrons. The lowest BCUT2D eigenvalue weighted by Gasteiger charge is -2.05. The van der Waals surface area contributed by atoms with E-state index in [1.54, 1.807) is 11.3 Å². The zero-order valence-electron chi connectivity index (χ0n) is 13.6. The summed E-state index contributed by atoms with van der Waals surface area (Å²) in [5, 5.41) is 11.7. The van der Waals surface area contributed by atoms with Gasteiger partial charge >= 0.3 is 0 Å². The first-order valence-corrected chi connectivity index (χ1v) is 9.02. The van der Waals surface area contributed by atoms with Crippen LogP contribution in [0.25, 0.3) is 11.3 Å². The van der Waals surface area contributed by atoms with Crippen LogP contribution in [0.5, 0.6) is 0 Å². The second kappa shape index (κ2) is 7.60. The lowest BCUT2D eigenvalue weighted by atomic mass is 10.1. The average Bonchev–Trinajstić information content (AvgIpc) is 3.04. The Morgan fingerprint density at radius 1 is 1.08 bits per heavy atom. The first kappa shape index (κ1) is 16.7. The highest BCUT2D eigenvalue weighted by atomic mass is 35.5. The van der Waals surface area contributed by atoms with Crippen LogP contribution in [0.4, 0.5) is 0 Å². The molecule has 0 saturated heterocycles. The maximum atomic E-state index is 5.92. The zero-order chi connectivity index (χ0) is 16.9. The van der Waals surface area contributed by atoms with Crippen LogP contribution >= 0.6 is 22.9 Å². The first-order valence-electron chi connectivity index (χ1n) is 7.77. The van der Waals surface area contributed by atoms with E-state index in [-0.39, 0.29) is 0 Å². The Balaban J connectivity index is 1.97. The van der Waals surface area contributed by atoms with Gasteiger partial charge in [-0.3, -0.25) is 0 Å². The van der Waals surface area contributed by atoms with Crippen molar-refractivity contribution < 1.29 is 0 Å². The summed E-state index contributed by atoms with van der Waals surface area (Å²) in [6.07, 6.45) is 0. The third-order valence-corrected chi connectivity index (χ3v) is 4.84. The number of hydrogen-bond acceptors (Lipinski definition) is 3. The highest BCUT2D eigenvalue weighted by Gasteiger charge is 2.06. The fraction of sp³-hybridized carbons (Fsp3) is 0.158.